The Balaban J connectivity index is 2.44. The van der Waals surface area contributed by atoms with Crippen LogP contribution in [0.3, 0.4) is 0 Å². The van der Waals surface area contributed by atoms with Crippen LogP contribution in [0.2, 0.25) is 0 Å². The van der Waals surface area contributed by atoms with Gasteiger partial charge in [0, 0.05) is 5.56 Å². The zero-order valence-corrected chi connectivity index (χ0v) is 8.31. The number of thiazole rings is 1. The molecule has 72 valence electrons. The van der Waals surface area contributed by atoms with Gasteiger partial charge in [0.2, 0.25) is 0 Å². The fourth-order valence-electron chi connectivity index (χ4n) is 1.10. The Morgan fingerprint density at radius 3 is 2.43 bits per heavy atom. The first-order valence-corrected chi connectivity index (χ1v) is 4.91. The molecular weight excluding hydrogens is 201 g/mol. The third-order valence-corrected chi connectivity index (χ3v) is 2.87. The van der Waals surface area contributed by atoms with Crippen LogP contribution in [0.15, 0.2) is 24.3 Å². The highest BCUT2D eigenvalue weighted by molar-refractivity contribution is 7.16. The van der Waals surface area contributed by atoms with Crippen LogP contribution in [-0.2, 0) is 0 Å². The molecule has 2 aromatic rings. The molecule has 1 N–H and O–H groups in total. The molecule has 0 saturated carbocycles. The van der Waals surface area contributed by atoms with E-state index in [1.807, 2.05) is 0 Å². The summed E-state index contributed by atoms with van der Waals surface area (Å²) in [5.74, 6) is -0.272. The lowest BCUT2D eigenvalue weighted by atomic mass is 10.2. The number of aryl methyl sites for hydroxylation is 1. The summed E-state index contributed by atoms with van der Waals surface area (Å²) in [6.45, 7) is 1.73. The van der Waals surface area contributed by atoms with Gasteiger partial charge >= 0.3 is 0 Å². The summed E-state index contributed by atoms with van der Waals surface area (Å²) < 4.78 is 12.6. The lowest BCUT2D eigenvalue weighted by molar-refractivity contribution is 0.485. The van der Waals surface area contributed by atoms with Gasteiger partial charge in [0.15, 0.2) is 5.06 Å². The minimum absolute atomic E-state index is 0.212. The van der Waals surface area contributed by atoms with Gasteiger partial charge < -0.3 is 5.11 Å². The predicted octanol–water partition coefficient (Wildman–Crippen LogP) is 2.96. The number of aromatic hydroxyl groups is 1. The van der Waals surface area contributed by atoms with Crippen LogP contribution in [0.25, 0.3) is 10.6 Å². The van der Waals surface area contributed by atoms with Crippen LogP contribution in [-0.4, -0.2) is 10.1 Å². The van der Waals surface area contributed by atoms with Crippen LogP contribution >= 0.6 is 11.3 Å². The molecule has 1 heterocycles. The second-order valence-corrected chi connectivity index (χ2v) is 3.89. The molecule has 0 aliphatic heterocycles. The number of hydrogen-bond acceptors (Lipinski definition) is 3. The Labute approximate surface area is 84.7 Å². The molecule has 1 aromatic heterocycles. The highest BCUT2D eigenvalue weighted by atomic mass is 32.1. The summed E-state index contributed by atoms with van der Waals surface area (Å²) in [7, 11) is 0. The van der Waals surface area contributed by atoms with Crippen molar-refractivity contribution in [2.75, 3.05) is 0 Å². The fourth-order valence-corrected chi connectivity index (χ4v) is 1.92. The molecule has 1 aromatic carbocycles. The molecule has 0 amide bonds. The van der Waals surface area contributed by atoms with Crippen LogP contribution in [0.5, 0.6) is 5.06 Å². The van der Waals surface area contributed by atoms with Gasteiger partial charge in [-0.1, -0.05) is 11.3 Å². The van der Waals surface area contributed by atoms with Crippen molar-refractivity contribution >= 4 is 11.3 Å². The van der Waals surface area contributed by atoms with Crippen molar-refractivity contribution < 1.29 is 9.50 Å². The van der Waals surface area contributed by atoms with E-state index in [1.165, 1.54) is 23.5 Å². The van der Waals surface area contributed by atoms with Crippen LogP contribution in [0, 0.1) is 12.7 Å². The minimum Gasteiger partial charge on any atom is -0.498 e. The SMILES string of the molecule is Cc1nc(-c2ccc(F)cc2)sc1O. The van der Waals surface area contributed by atoms with Gasteiger partial charge in [-0.25, -0.2) is 9.37 Å². The van der Waals surface area contributed by atoms with Gasteiger partial charge in [-0.05, 0) is 31.2 Å². The third-order valence-electron chi connectivity index (χ3n) is 1.86. The highest BCUT2D eigenvalue weighted by Gasteiger charge is 2.07. The quantitative estimate of drug-likeness (QED) is 0.783. The van der Waals surface area contributed by atoms with Crippen LogP contribution in [0.4, 0.5) is 4.39 Å². The number of nitrogens with zero attached hydrogens (tertiary/aromatic N) is 1. The number of rotatable bonds is 1. The largest absolute Gasteiger partial charge is 0.498 e. The summed E-state index contributed by atoms with van der Waals surface area (Å²) >= 11 is 1.20. The number of benzene rings is 1. The Hall–Kier alpha value is -1.42. The van der Waals surface area contributed by atoms with E-state index < -0.39 is 0 Å². The molecule has 0 fully saturated rings. The van der Waals surface area contributed by atoms with Crippen LogP contribution < -0.4 is 0 Å². The molecule has 2 rings (SSSR count). The first-order chi connectivity index (χ1) is 6.66. The van der Waals surface area contributed by atoms with Gasteiger partial charge in [0.1, 0.15) is 10.8 Å². The van der Waals surface area contributed by atoms with Gasteiger partial charge in [-0.15, -0.1) is 0 Å². The maximum Gasteiger partial charge on any atom is 0.195 e. The molecule has 0 aliphatic carbocycles. The molecular formula is C10H8FNOS. The van der Waals surface area contributed by atoms with Gasteiger partial charge in [0.05, 0.1) is 5.69 Å². The average Bonchev–Trinajstić information content (AvgIpc) is 2.48. The lowest BCUT2D eigenvalue weighted by Gasteiger charge is -1.93. The number of aromatic nitrogens is 1. The molecule has 2 nitrogen and oxygen atoms in total. The zero-order valence-electron chi connectivity index (χ0n) is 7.49. The van der Waals surface area contributed by atoms with Crippen molar-refractivity contribution in [3.05, 3.63) is 35.8 Å². The Morgan fingerprint density at radius 1 is 1.29 bits per heavy atom. The van der Waals surface area contributed by atoms with E-state index in [1.54, 1.807) is 19.1 Å². The van der Waals surface area contributed by atoms with Crippen molar-refractivity contribution in [1.29, 1.82) is 0 Å². The van der Waals surface area contributed by atoms with E-state index in [0.717, 1.165) is 5.56 Å². The van der Waals surface area contributed by atoms with E-state index in [9.17, 15) is 9.50 Å². The smallest absolute Gasteiger partial charge is 0.195 e. The van der Waals surface area contributed by atoms with Gasteiger partial charge in [0.25, 0.3) is 0 Å². The third kappa shape index (κ3) is 1.61. The molecule has 0 atom stereocenters. The first kappa shape index (κ1) is 9.15. The maximum absolute atomic E-state index is 12.6. The van der Waals surface area contributed by atoms with Gasteiger partial charge in [-0.2, -0.15) is 0 Å². The first-order valence-electron chi connectivity index (χ1n) is 4.09. The summed E-state index contributed by atoms with van der Waals surface area (Å²) in [6, 6.07) is 6.05. The predicted molar refractivity (Wildman–Crippen MR) is 53.9 cm³/mol. The van der Waals surface area contributed by atoms with E-state index in [-0.39, 0.29) is 10.9 Å². The zero-order chi connectivity index (χ0) is 10.1. The summed E-state index contributed by atoms with van der Waals surface area (Å²) in [5.41, 5.74) is 1.43. The van der Waals surface area contributed by atoms with E-state index in [2.05, 4.69) is 4.98 Å². The summed E-state index contributed by atoms with van der Waals surface area (Å²) in [6.07, 6.45) is 0. The number of halogens is 1. The minimum atomic E-state index is -0.272. The maximum atomic E-state index is 12.6. The van der Waals surface area contributed by atoms with Crippen molar-refractivity contribution in [2.24, 2.45) is 0 Å². The van der Waals surface area contributed by atoms with Crippen molar-refractivity contribution in [2.45, 2.75) is 6.92 Å². The number of hydrogen-bond donors (Lipinski definition) is 1. The monoisotopic (exact) mass is 209 g/mol. The second-order valence-electron chi connectivity index (χ2n) is 2.92. The second kappa shape index (κ2) is 3.38. The van der Waals surface area contributed by atoms with E-state index in [0.29, 0.717) is 10.7 Å². The molecule has 0 unspecified atom stereocenters. The normalized spacial score (nSPS) is 10.4. The van der Waals surface area contributed by atoms with Crippen LogP contribution in [0.1, 0.15) is 5.69 Å². The van der Waals surface area contributed by atoms with Gasteiger partial charge in [-0.3, -0.25) is 0 Å². The summed E-state index contributed by atoms with van der Waals surface area (Å²) in [5, 5.41) is 10.3. The molecule has 0 aliphatic rings. The molecule has 14 heavy (non-hydrogen) atoms. The lowest BCUT2D eigenvalue weighted by Crippen LogP contribution is -1.78. The molecule has 4 heteroatoms. The van der Waals surface area contributed by atoms with Crippen molar-refractivity contribution in [1.82, 2.24) is 4.98 Å². The Bertz CT molecular complexity index is 430. The molecule has 0 bridgehead atoms. The van der Waals surface area contributed by atoms with E-state index >= 15 is 0 Å². The average molecular weight is 209 g/mol. The van der Waals surface area contributed by atoms with E-state index in [4.69, 9.17) is 0 Å². The Kier molecular flexibility index (Phi) is 2.21. The Morgan fingerprint density at radius 2 is 1.93 bits per heavy atom. The highest BCUT2D eigenvalue weighted by Crippen LogP contribution is 2.32. The van der Waals surface area contributed by atoms with Crippen molar-refractivity contribution in [3.63, 3.8) is 0 Å². The topological polar surface area (TPSA) is 33.1 Å². The molecule has 0 spiro atoms. The standard InChI is InChI=1S/C10H8FNOS/c1-6-10(13)14-9(12-6)7-2-4-8(11)5-3-7/h2-5,13H,1H3. The molecule has 0 radical (unpaired) electrons. The fraction of sp³-hybridized carbons (Fsp3) is 0.100. The van der Waals surface area contributed by atoms with Crippen molar-refractivity contribution in [3.8, 4) is 15.6 Å². The summed E-state index contributed by atoms with van der Waals surface area (Å²) in [4.78, 5) is 4.16. The molecule has 0 saturated heterocycles.